The van der Waals surface area contributed by atoms with Crippen LogP contribution in [0.15, 0.2) is 70.1 Å². The van der Waals surface area contributed by atoms with Crippen molar-refractivity contribution in [3.63, 3.8) is 0 Å². The van der Waals surface area contributed by atoms with Gasteiger partial charge in [0.05, 0.1) is 12.0 Å². The van der Waals surface area contributed by atoms with Crippen LogP contribution in [0.2, 0.25) is 0 Å². The lowest BCUT2D eigenvalue weighted by molar-refractivity contribution is 0.397. The smallest absolute Gasteiger partial charge is 0.284 e. The summed E-state index contributed by atoms with van der Waals surface area (Å²) in [5.41, 5.74) is 0.773. The first-order valence-electron chi connectivity index (χ1n) is 6.49. The van der Waals surface area contributed by atoms with Crippen molar-refractivity contribution in [2.75, 3.05) is 7.11 Å². The molecule has 2 aromatic heterocycles. The maximum absolute atomic E-state index is 12.4. The molecule has 22 heavy (non-hydrogen) atoms. The van der Waals surface area contributed by atoms with Crippen LogP contribution in [0, 0.1) is 0 Å². The third-order valence-electron chi connectivity index (χ3n) is 3.03. The zero-order valence-corrected chi connectivity index (χ0v) is 12.6. The minimum absolute atomic E-state index is 0.135. The van der Waals surface area contributed by atoms with Gasteiger partial charge in [0.15, 0.2) is 5.49 Å². The average molecular weight is 315 g/mol. The van der Waals surface area contributed by atoms with Gasteiger partial charge in [0, 0.05) is 12.3 Å². The lowest BCUT2D eigenvalue weighted by Gasteiger charge is -2.05. The number of pyridine rings is 1. The van der Waals surface area contributed by atoms with Crippen molar-refractivity contribution in [2.45, 2.75) is 4.90 Å². The van der Waals surface area contributed by atoms with Crippen LogP contribution in [0.5, 0.6) is 5.88 Å². The molecule has 6 nitrogen and oxygen atoms in total. The SMILES string of the molecule is COc1cc(=NS(=O)(=O)c2ccccc2)n2ccccc2n1. The van der Waals surface area contributed by atoms with Crippen molar-refractivity contribution in [1.82, 2.24) is 9.38 Å². The lowest BCUT2D eigenvalue weighted by atomic mass is 10.4. The Labute approximate surface area is 127 Å². The molecule has 0 atom stereocenters. The number of hydrogen-bond donors (Lipinski definition) is 0. The fourth-order valence-electron chi connectivity index (χ4n) is 1.99. The molecule has 0 amide bonds. The van der Waals surface area contributed by atoms with Gasteiger partial charge in [-0.25, -0.2) is 0 Å². The Morgan fingerprint density at radius 3 is 2.55 bits per heavy atom. The Balaban J connectivity index is 2.29. The third-order valence-corrected chi connectivity index (χ3v) is 4.32. The summed E-state index contributed by atoms with van der Waals surface area (Å²) in [7, 11) is -2.34. The first-order valence-corrected chi connectivity index (χ1v) is 7.93. The van der Waals surface area contributed by atoms with Crippen LogP contribution < -0.4 is 10.2 Å². The van der Waals surface area contributed by atoms with E-state index in [1.807, 2.05) is 0 Å². The highest BCUT2D eigenvalue weighted by Gasteiger charge is 2.12. The second-order valence-electron chi connectivity index (χ2n) is 4.46. The molecule has 0 aliphatic heterocycles. The summed E-state index contributed by atoms with van der Waals surface area (Å²) in [6, 6.07) is 14.9. The molecule has 112 valence electrons. The van der Waals surface area contributed by atoms with Crippen LogP contribution in [-0.2, 0) is 10.0 Å². The van der Waals surface area contributed by atoms with Crippen LogP contribution >= 0.6 is 0 Å². The number of hydrogen-bond acceptors (Lipinski definition) is 4. The molecular formula is C15H13N3O3S. The summed E-state index contributed by atoms with van der Waals surface area (Å²) in [6.07, 6.45) is 1.70. The zero-order valence-electron chi connectivity index (χ0n) is 11.7. The van der Waals surface area contributed by atoms with E-state index in [0.717, 1.165) is 0 Å². The van der Waals surface area contributed by atoms with Crippen LogP contribution in [0.1, 0.15) is 0 Å². The molecule has 0 saturated heterocycles. The van der Waals surface area contributed by atoms with Crippen LogP contribution in [0.3, 0.4) is 0 Å². The summed E-state index contributed by atoms with van der Waals surface area (Å²) in [5, 5.41) is 0. The van der Waals surface area contributed by atoms with Gasteiger partial charge >= 0.3 is 0 Å². The summed E-state index contributed by atoms with van der Waals surface area (Å²) in [5.74, 6) is 0.299. The van der Waals surface area contributed by atoms with E-state index in [4.69, 9.17) is 4.74 Å². The molecule has 0 saturated carbocycles. The standard InChI is InChI=1S/C15H13N3O3S/c1-21-15-11-14(18-10-6-5-9-13(18)16-15)17-22(19,20)12-7-3-2-4-8-12/h2-11H,1H3. The van der Waals surface area contributed by atoms with Crippen molar-refractivity contribution in [3.8, 4) is 5.88 Å². The number of rotatable bonds is 3. The minimum atomic E-state index is -3.81. The van der Waals surface area contributed by atoms with Gasteiger partial charge in [0.25, 0.3) is 10.0 Å². The normalized spacial score (nSPS) is 12.5. The highest BCUT2D eigenvalue weighted by atomic mass is 32.2. The molecule has 0 aliphatic carbocycles. The predicted octanol–water partition coefficient (Wildman–Crippen LogP) is 1.63. The monoisotopic (exact) mass is 315 g/mol. The number of fused-ring (bicyclic) bond motifs is 1. The number of sulfonamides is 1. The summed E-state index contributed by atoms with van der Waals surface area (Å²) >= 11 is 0. The molecule has 0 spiro atoms. The van der Waals surface area contributed by atoms with Gasteiger partial charge in [-0.15, -0.1) is 4.40 Å². The number of nitrogens with zero attached hydrogens (tertiary/aromatic N) is 3. The van der Waals surface area contributed by atoms with Crippen molar-refractivity contribution in [3.05, 3.63) is 66.3 Å². The van der Waals surface area contributed by atoms with Crippen LogP contribution in [0.25, 0.3) is 5.65 Å². The number of methoxy groups -OCH3 is 1. The average Bonchev–Trinajstić information content (AvgIpc) is 2.55. The maximum atomic E-state index is 12.4. The quantitative estimate of drug-likeness (QED) is 0.736. The second kappa shape index (κ2) is 5.61. The van der Waals surface area contributed by atoms with E-state index >= 15 is 0 Å². The number of benzene rings is 1. The van der Waals surface area contributed by atoms with E-state index in [1.54, 1.807) is 47.0 Å². The minimum Gasteiger partial charge on any atom is -0.481 e. The van der Waals surface area contributed by atoms with Crippen molar-refractivity contribution in [2.24, 2.45) is 4.40 Å². The molecule has 7 heteroatoms. The molecular weight excluding hydrogens is 302 g/mol. The summed E-state index contributed by atoms with van der Waals surface area (Å²) in [4.78, 5) is 4.38. The van der Waals surface area contributed by atoms with Gasteiger partial charge in [-0.3, -0.25) is 4.40 Å². The number of ether oxygens (including phenoxy) is 1. The largest absolute Gasteiger partial charge is 0.481 e. The lowest BCUT2D eigenvalue weighted by Crippen LogP contribution is -2.18. The molecule has 0 radical (unpaired) electrons. The molecule has 1 aromatic carbocycles. The van der Waals surface area contributed by atoms with E-state index in [9.17, 15) is 8.42 Å². The number of aromatic nitrogens is 2. The molecule has 0 fully saturated rings. The molecule has 0 aliphatic rings. The maximum Gasteiger partial charge on any atom is 0.284 e. The molecule has 3 rings (SSSR count). The molecule has 2 heterocycles. The molecule has 0 N–H and O–H groups in total. The summed E-state index contributed by atoms with van der Waals surface area (Å²) in [6.45, 7) is 0. The Morgan fingerprint density at radius 2 is 1.82 bits per heavy atom. The van der Waals surface area contributed by atoms with E-state index in [-0.39, 0.29) is 10.4 Å². The van der Waals surface area contributed by atoms with Gasteiger partial charge in [-0.05, 0) is 24.3 Å². The summed E-state index contributed by atoms with van der Waals surface area (Å²) < 4.78 is 35.4. The topological polar surface area (TPSA) is 73.0 Å². The fraction of sp³-hybridized carbons (Fsp3) is 0.0667. The Hall–Kier alpha value is -2.67. The Kier molecular flexibility index (Phi) is 3.64. The van der Waals surface area contributed by atoms with E-state index in [1.165, 1.54) is 25.3 Å². The third kappa shape index (κ3) is 2.71. The highest BCUT2D eigenvalue weighted by molar-refractivity contribution is 7.90. The van der Waals surface area contributed by atoms with E-state index in [0.29, 0.717) is 11.5 Å². The van der Waals surface area contributed by atoms with Gasteiger partial charge in [0.1, 0.15) is 5.65 Å². The predicted molar refractivity (Wildman–Crippen MR) is 80.9 cm³/mol. The van der Waals surface area contributed by atoms with Gasteiger partial charge < -0.3 is 4.74 Å². The van der Waals surface area contributed by atoms with Gasteiger partial charge in [-0.2, -0.15) is 13.4 Å². The Bertz CT molecular complexity index is 980. The second-order valence-corrected chi connectivity index (χ2v) is 6.07. The first kappa shape index (κ1) is 14.3. The van der Waals surface area contributed by atoms with Crippen molar-refractivity contribution < 1.29 is 13.2 Å². The van der Waals surface area contributed by atoms with E-state index < -0.39 is 10.0 Å². The van der Waals surface area contributed by atoms with Crippen LogP contribution in [-0.4, -0.2) is 24.9 Å². The molecule has 0 unspecified atom stereocenters. The molecule has 3 aromatic rings. The fourth-order valence-corrected chi connectivity index (χ4v) is 2.98. The van der Waals surface area contributed by atoms with Crippen molar-refractivity contribution >= 4 is 15.7 Å². The van der Waals surface area contributed by atoms with Crippen LogP contribution in [0.4, 0.5) is 0 Å². The first-order chi connectivity index (χ1) is 10.6. The van der Waals surface area contributed by atoms with E-state index in [2.05, 4.69) is 9.38 Å². The Morgan fingerprint density at radius 1 is 1.09 bits per heavy atom. The van der Waals surface area contributed by atoms with Gasteiger partial charge in [0.2, 0.25) is 5.88 Å². The molecule has 0 bridgehead atoms. The van der Waals surface area contributed by atoms with Gasteiger partial charge in [-0.1, -0.05) is 24.3 Å². The highest BCUT2D eigenvalue weighted by Crippen LogP contribution is 2.11. The zero-order chi connectivity index (χ0) is 15.6. The van der Waals surface area contributed by atoms with Crippen molar-refractivity contribution in [1.29, 1.82) is 0 Å².